The Morgan fingerprint density at radius 1 is 1.36 bits per heavy atom. The van der Waals surface area contributed by atoms with E-state index in [-0.39, 0.29) is 0 Å². The van der Waals surface area contributed by atoms with Gasteiger partial charge in [0.05, 0.1) is 6.61 Å². The van der Waals surface area contributed by atoms with E-state index in [4.69, 9.17) is 17.0 Å². The molecule has 1 saturated carbocycles. The summed E-state index contributed by atoms with van der Waals surface area (Å²) in [5.74, 6) is 0.730. The molecule has 0 aromatic rings. The summed E-state index contributed by atoms with van der Waals surface area (Å²) in [5, 5.41) is 0. The molecule has 0 N–H and O–H groups in total. The van der Waals surface area contributed by atoms with Crippen molar-refractivity contribution in [3.63, 3.8) is 0 Å². The summed E-state index contributed by atoms with van der Waals surface area (Å²) in [7, 11) is 0. The van der Waals surface area contributed by atoms with Gasteiger partial charge in [-0.2, -0.15) is 0 Å². The summed E-state index contributed by atoms with van der Waals surface area (Å²) in [5.41, 5.74) is 0. The molecule has 1 aliphatic rings. The minimum atomic E-state index is 0.385. The summed E-state index contributed by atoms with van der Waals surface area (Å²) in [6.45, 7) is 0.780. The number of rotatable bonds is 2. The van der Waals surface area contributed by atoms with E-state index < -0.39 is 0 Å². The van der Waals surface area contributed by atoms with Gasteiger partial charge in [0.15, 0.2) is 0 Å². The van der Waals surface area contributed by atoms with Crippen LogP contribution in [0.25, 0.3) is 0 Å². The van der Waals surface area contributed by atoms with Crippen LogP contribution >= 0.6 is 24.8 Å². The molecule has 1 fully saturated rings. The molecule has 0 spiro atoms. The fourth-order valence-corrected chi connectivity index (χ4v) is 1.69. The van der Waals surface area contributed by atoms with Crippen molar-refractivity contribution in [2.45, 2.75) is 32.1 Å². The normalized spacial score (nSPS) is 19.7. The Labute approximate surface area is 78.9 Å². The largest absolute Gasteiger partial charge is 0.478 e. The molecule has 0 saturated heterocycles. The third-order valence-electron chi connectivity index (χ3n) is 2.17. The maximum atomic E-state index is 5.18. The fourth-order valence-electron chi connectivity index (χ4n) is 1.54. The lowest BCUT2D eigenvalue weighted by molar-refractivity contribution is 0.208. The minimum Gasteiger partial charge on any atom is -0.478 e. The van der Waals surface area contributed by atoms with Crippen LogP contribution in [0.3, 0.4) is 0 Å². The van der Waals surface area contributed by atoms with Crippen molar-refractivity contribution < 1.29 is 4.74 Å². The molecule has 0 aliphatic heterocycles. The molecule has 1 aliphatic carbocycles. The van der Waals surface area contributed by atoms with E-state index in [0.717, 1.165) is 12.5 Å². The molecule has 1 rings (SSSR count). The van der Waals surface area contributed by atoms with E-state index in [1.165, 1.54) is 32.1 Å². The summed E-state index contributed by atoms with van der Waals surface area (Å²) >= 11 is 8.61. The second-order valence-electron chi connectivity index (χ2n) is 3.08. The first-order chi connectivity index (χ1) is 5.29. The lowest BCUT2D eigenvalue weighted by atomic mass is 9.90. The van der Waals surface area contributed by atoms with Gasteiger partial charge in [-0.15, -0.1) is 0 Å². The lowest BCUT2D eigenvalue weighted by Gasteiger charge is -2.20. The van der Waals surface area contributed by atoms with Crippen LogP contribution in [0.1, 0.15) is 32.1 Å². The summed E-state index contributed by atoms with van der Waals surface area (Å²) in [6, 6.07) is 0. The lowest BCUT2D eigenvalue weighted by Crippen LogP contribution is -2.13. The van der Waals surface area contributed by atoms with Crippen LogP contribution in [0.2, 0.25) is 0 Å². The third kappa shape index (κ3) is 3.97. The third-order valence-corrected chi connectivity index (χ3v) is 2.41. The Morgan fingerprint density at radius 3 is 2.55 bits per heavy atom. The van der Waals surface area contributed by atoms with Crippen LogP contribution in [0.15, 0.2) is 0 Å². The highest BCUT2D eigenvalue weighted by atomic mass is 32.1. The van der Waals surface area contributed by atoms with Gasteiger partial charge in [-0.05, 0) is 31.0 Å². The maximum absolute atomic E-state index is 5.18. The van der Waals surface area contributed by atoms with Crippen molar-refractivity contribution in [3.05, 3.63) is 0 Å². The number of hydrogen-bond acceptors (Lipinski definition) is 2. The zero-order chi connectivity index (χ0) is 8.10. The van der Waals surface area contributed by atoms with E-state index in [2.05, 4.69) is 12.6 Å². The van der Waals surface area contributed by atoms with Crippen LogP contribution in [-0.4, -0.2) is 11.0 Å². The molecule has 3 heteroatoms. The van der Waals surface area contributed by atoms with Crippen LogP contribution in [0.4, 0.5) is 0 Å². The Balaban J connectivity index is 2.09. The zero-order valence-corrected chi connectivity index (χ0v) is 8.29. The fraction of sp³-hybridized carbons (Fsp3) is 0.875. The predicted molar refractivity (Wildman–Crippen MR) is 54.1 cm³/mol. The molecule has 0 aromatic carbocycles. The van der Waals surface area contributed by atoms with E-state index in [9.17, 15) is 0 Å². The van der Waals surface area contributed by atoms with Gasteiger partial charge < -0.3 is 4.74 Å². The number of thiocarbonyl (C=S) groups is 1. The van der Waals surface area contributed by atoms with Crippen LogP contribution in [-0.2, 0) is 4.74 Å². The predicted octanol–water partition coefficient (Wildman–Crippen LogP) is 2.80. The smallest absolute Gasteiger partial charge is 0.216 e. The Hall–Kier alpha value is 0.240. The first-order valence-electron chi connectivity index (χ1n) is 4.15. The van der Waals surface area contributed by atoms with Gasteiger partial charge in [0, 0.05) is 0 Å². The van der Waals surface area contributed by atoms with Crippen molar-refractivity contribution in [2.75, 3.05) is 6.61 Å². The van der Waals surface area contributed by atoms with Gasteiger partial charge in [-0.1, -0.05) is 31.9 Å². The molecule has 1 nitrogen and oxygen atoms in total. The standard InChI is InChI=1S/C8H14OS2/c10-8(11)9-6-7-4-2-1-3-5-7/h7H,1-6H2,(H,10,11). The van der Waals surface area contributed by atoms with Crippen molar-refractivity contribution in [2.24, 2.45) is 5.92 Å². The van der Waals surface area contributed by atoms with Gasteiger partial charge >= 0.3 is 0 Å². The first kappa shape index (κ1) is 9.33. The summed E-state index contributed by atoms with van der Waals surface area (Å²) < 4.78 is 5.56. The van der Waals surface area contributed by atoms with E-state index in [1.807, 2.05) is 0 Å². The average Bonchev–Trinajstić information content (AvgIpc) is 2.03. The molecule has 0 atom stereocenters. The molecule has 0 aromatic heterocycles. The summed E-state index contributed by atoms with van der Waals surface area (Å²) in [6.07, 6.45) is 6.70. The highest BCUT2D eigenvalue weighted by molar-refractivity contribution is 8.10. The van der Waals surface area contributed by atoms with E-state index in [0.29, 0.717) is 4.38 Å². The molecule has 0 unspecified atom stereocenters. The summed E-state index contributed by atoms with van der Waals surface area (Å²) in [4.78, 5) is 0. The molecule has 0 amide bonds. The van der Waals surface area contributed by atoms with Crippen LogP contribution in [0, 0.1) is 5.92 Å². The van der Waals surface area contributed by atoms with Crippen molar-refractivity contribution >= 4 is 29.2 Å². The van der Waals surface area contributed by atoms with E-state index >= 15 is 0 Å². The molecule has 11 heavy (non-hydrogen) atoms. The number of ether oxygens (including phenoxy) is 1. The first-order valence-corrected chi connectivity index (χ1v) is 5.00. The van der Waals surface area contributed by atoms with E-state index in [1.54, 1.807) is 0 Å². The van der Waals surface area contributed by atoms with Crippen LogP contribution in [0.5, 0.6) is 0 Å². The maximum Gasteiger partial charge on any atom is 0.216 e. The SMILES string of the molecule is S=C(S)OCC1CCCCC1. The molecular weight excluding hydrogens is 176 g/mol. The van der Waals surface area contributed by atoms with Gasteiger partial charge in [0.1, 0.15) is 0 Å². The Kier molecular flexibility index (Phi) is 4.23. The molecular formula is C8H14OS2. The van der Waals surface area contributed by atoms with Crippen molar-refractivity contribution in [3.8, 4) is 0 Å². The van der Waals surface area contributed by atoms with Gasteiger partial charge in [0.25, 0.3) is 0 Å². The second-order valence-corrected chi connectivity index (χ2v) is 4.16. The highest BCUT2D eigenvalue weighted by Gasteiger charge is 2.13. The minimum absolute atomic E-state index is 0.385. The Morgan fingerprint density at radius 2 is 2.00 bits per heavy atom. The van der Waals surface area contributed by atoms with Crippen molar-refractivity contribution in [1.29, 1.82) is 0 Å². The van der Waals surface area contributed by atoms with Gasteiger partial charge in [-0.25, -0.2) is 0 Å². The van der Waals surface area contributed by atoms with Crippen LogP contribution < -0.4 is 0 Å². The zero-order valence-electron chi connectivity index (χ0n) is 6.58. The monoisotopic (exact) mass is 190 g/mol. The number of hydrogen-bond donors (Lipinski definition) is 1. The molecule has 64 valence electrons. The van der Waals surface area contributed by atoms with Gasteiger partial charge in [-0.3, -0.25) is 0 Å². The second kappa shape index (κ2) is 4.99. The Bertz CT molecular complexity index is 130. The highest BCUT2D eigenvalue weighted by Crippen LogP contribution is 2.23. The quantitative estimate of drug-likeness (QED) is 0.529. The van der Waals surface area contributed by atoms with Gasteiger partial charge in [0.2, 0.25) is 4.38 Å². The van der Waals surface area contributed by atoms with Crippen molar-refractivity contribution in [1.82, 2.24) is 0 Å². The molecule has 0 bridgehead atoms. The average molecular weight is 190 g/mol. The number of thiol groups is 1. The topological polar surface area (TPSA) is 9.23 Å². The molecule has 0 radical (unpaired) electrons. The molecule has 0 heterocycles.